The molecule has 1 amide bonds. The molecular formula is C19H21ClN2O4S. The number of ether oxygens (including phenoxy) is 1. The Morgan fingerprint density at radius 3 is 2.56 bits per heavy atom. The minimum atomic E-state index is -3.73. The highest BCUT2D eigenvalue weighted by Crippen LogP contribution is 2.29. The fourth-order valence-corrected chi connectivity index (χ4v) is 5.02. The second-order valence-electron chi connectivity index (χ2n) is 6.43. The fraction of sp³-hybridized carbons (Fsp3) is 0.316. The molecule has 0 bridgehead atoms. The van der Waals surface area contributed by atoms with E-state index in [4.69, 9.17) is 16.3 Å². The Balaban J connectivity index is 1.80. The molecule has 1 saturated heterocycles. The molecule has 1 fully saturated rings. The molecule has 144 valence electrons. The molecule has 2 aromatic carbocycles. The molecule has 0 saturated carbocycles. The molecule has 8 heteroatoms. The Bertz CT molecular complexity index is 945. The van der Waals surface area contributed by atoms with Crippen LogP contribution in [0.1, 0.15) is 18.4 Å². The first kappa shape index (κ1) is 19.7. The fourth-order valence-electron chi connectivity index (χ4n) is 3.11. The van der Waals surface area contributed by atoms with Crippen LogP contribution in [-0.2, 0) is 14.8 Å². The number of amides is 1. The van der Waals surface area contributed by atoms with Crippen molar-refractivity contribution in [1.82, 2.24) is 4.31 Å². The third-order valence-corrected chi connectivity index (χ3v) is 6.77. The molecule has 1 N–H and O–H groups in total. The van der Waals surface area contributed by atoms with E-state index in [2.05, 4.69) is 5.32 Å². The quantitative estimate of drug-likeness (QED) is 0.822. The Labute approximate surface area is 164 Å². The maximum absolute atomic E-state index is 13.0. The number of nitrogens with zero attached hydrogens (tertiary/aromatic N) is 1. The van der Waals surface area contributed by atoms with Crippen molar-refractivity contribution in [3.63, 3.8) is 0 Å². The number of benzene rings is 2. The molecule has 0 aliphatic carbocycles. The third kappa shape index (κ3) is 4.10. The van der Waals surface area contributed by atoms with E-state index in [-0.39, 0.29) is 10.8 Å². The maximum Gasteiger partial charge on any atom is 0.243 e. The molecule has 0 radical (unpaired) electrons. The van der Waals surface area contributed by atoms with Crippen molar-refractivity contribution >= 4 is 33.2 Å². The van der Waals surface area contributed by atoms with Crippen molar-refractivity contribution < 1.29 is 17.9 Å². The molecule has 2 aromatic rings. The van der Waals surface area contributed by atoms with E-state index >= 15 is 0 Å². The zero-order valence-electron chi connectivity index (χ0n) is 15.1. The van der Waals surface area contributed by atoms with Crippen LogP contribution in [0, 0.1) is 6.92 Å². The minimum Gasteiger partial charge on any atom is -0.495 e. The maximum atomic E-state index is 13.0. The molecule has 1 atom stereocenters. The van der Waals surface area contributed by atoms with E-state index < -0.39 is 16.1 Å². The van der Waals surface area contributed by atoms with Crippen LogP contribution in [0.4, 0.5) is 5.69 Å². The van der Waals surface area contributed by atoms with Gasteiger partial charge in [-0.1, -0.05) is 29.3 Å². The Kier molecular flexibility index (Phi) is 5.74. The highest BCUT2D eigenvalue weighted by molar-refractivity contribution is 7.89. The van der Waals surface area contributed by atoms with Crippen molar-refractivity contribution in [3.8, 4) is 5.75 Å². The van der Waals surface area contributed by atoms with E-state index in [1.54, 1.807) is 42.5 Å². The number of hydrogen-bond donors (Lipinski definition) is 1. The lowest BCUT2D eigenvalue weighted by Gasteiger charge is -2.23. The summed E-state index contributed by atoms with van der Waals surface area (Å²) in [7, 11) is -2.23. The van der Waals surface area contributed by atoms with Gasteiger partial charge in [-0.25, -0.2) is 8.42 Å². The molecule has 27 heavy (non-hydrogen) atoms. The Morgan fingerprint density at radius 2 is 1.93 bits per heavy atom. The van der Waals surface area contributed by atoms with Crippen molar-refractivity contribution in [3.05, 3.63) is 53.1 Å². The first-order valence-electron chi connectivity index (χ1n) is 8.56. The van der Waals surface area contributed by atoms with E-state index in [0.717, 1.165) is 5.56 Å². The van der Waals surface area contributed by atoms with E-state index in [1.165, 1.54) is 11.4 Å². The number of methoxy groups -OCH3 is 1. The van der Waals surface area contributed by atoms with Crippen LogP contribution in [0.5, 0.6) is 5.75 Å². The first-order valence-corrected chi connectivity index (χ1v) is 10.4. The third-order valence-electron chi connectivity index (χ3n) is 4.55. The first-order chi connectivity index (χ1) is 12.8. The van der Waals surface area contributed by atoms with Crippen molar-refractivity contribution in [2.75, 3.05) is 19.0 Å². The highest BCUT2D eigenvalue weighted by atomic mass is 35.5. The van der Waals surface area contributed by atoms with Gasteiger partial charge in [0.1, 0.15) is 11.8 Å². The summed E-state index contributed by atoms with van der Waals surface area (Å²) in [6, 6.07) is 10.8. The summed E-state index contributed by atoms with van der Waals surface area (Å²) in [5.41, 5.74) is 1.46. The number of rotatable bonds is 5. The minimum absolute atomic E-state index is 0.195. The van der Waals surface area contributed by atoms with Gasteiger partial charge in [-0.2, -0.15) is 4.31 Å². The van der Waals surface area contributed by atoms with Gasteiger partial charge in [0, 0.05) is 12.2 Å². The van der Waals surface area contributed by atoms with Crippen LogP contribution in [0.25, 0.3) is 0 Å². The van der Waals surface area contributed by atoms with Crippen LogP contribution < -0.4 is 10.1 Å². The van der Waals surface area contributed by atoms with Gasteiger partial charge in [0.15, 0.2) is 0 Å². The number of sulfonamides is 1. The van der Waals surface area contributed by atoms with Gasteiger partial charge in [-0.05, 0) is 50.1 Å². The van der Waals surface area contributed by atoms with Crippen LogP contribution in [-0.4, -0.2) is 38.3 Å². The van der Waals surface area contributed by atoms with E-state index in [9.17, 15) is 13.2 Å². The van der Waals surface area contributed by atoms with Crippen LogP contribution in [0.2, 0.25) is 5.02 Å². The van der Waals surface area contributed by atoms with E-state index in [0.29, 0.717) is 35.8 Å². The SMILES string of the molecule is COc1ccc(NC(=O)[C@H]2CCCN2S(=O)(=O)c2ccc(C)cc2)cc1Cl. The smallest absolute Gasteiger partial charge is 0.243 e. The van der Waals surface area contributed by atoms with Gasteiger partial charge in [-0.3, -0.25) is 4.79 Å². The Hall–Kier alpha value is -2.09. The van der Waals surface area contributed by atoms with E-state index in [1.807, 2.05) is 6.92 Å². The molecule has 3 rings (SSSR count). The number of nitrogens with one attached hydrogen (secondary N) is 1. The van der Waals surface area contributed by atoms with Crippen molar-refractivity contribution in [1.29, 1.82) is 0 Å². The van der Waals surface area contributed by atoms with Crippen molar-refractivity contribution in [2.24, 2.45) is 0 Å². The lowest BCUT2D eigenvalue weighted by atomic mass is 10.2. The molecular weight excluding hydrogens is 388 g/mol. The predicted octanol–water partition coefficient (Wildman–Crippen LogP) is 3.45. The summed E-state index contributed by atoms with van der Waals surface area (Å²) >= 11 is 6.08. The number of halogens is 1. The van der Waals surface area contributed by atoms with Crippen LogP contribution in [0.15, 0.2) is 47.4 Å². The average Bonchev–Trinajstić information content (AvgIpc) is 3.13. The number of aryl methyl sites for hydroxylation is 1. The zero-order valence-corrected chi connectivity index (χ0v) is 16.7. The normalized spacial score (nSPS) is 17.7. The van der Waals surface area contributed by atoms with Gasteiger partial charge in [0.05, 0.1) is 17.0 Å². The largest absolute Gasteiger partial charge is 0.495 e. The second-order valence-corrected chi connectivity index (χ2v) is 8.72. The standard InChI is InChI=1S/C19H21ClN2O4S/c1-13-5-8-15(9-6-13)27(24,25)22-11-3-4-17(22)19(23)21-14-7-10-18(26-2)16(20)12-14/h5-10,12,17H,3-4,11H2,1-2H3,(H,21,23)/t17-/m1/s1. The van der Waals surface area contributed by atoms with Crippen LogP contribution >= 0.6 is 11.6 Å². The summed E-state index contributed by atoms with van der Waals surface area (Å²) in [6.07, 6.45) is 1.10. The summed E-state index contributed by atoms with van der Waals surface area (Å²) in [5, 5.41) is 3.12. The summed E-state index contributed by atoms with van der Waals surface area (Å²) < 4.78 is 32.3. The number of carbonyl (C=O) groups excluding carboxylic acids is 1. The van der Waals surface area contributed by atoms with Gasteiger partial charge < -0.3 is 10.1 Å². The molecule has 0 aromatic heterocycles. The molecule has 6 nitrogen and oxygen atoms in total. The summed E-state index contributed by atoms with van der Waals surface area (Å²) in [6.45, 7) is 2.21. The second kappa shape index (κ2) is 7.88. The average molecular weight is 409 g/mol. The molecule has 0 spiro atoms. The van der Waals surface area contributed by atoms with Gasteiger partial charge >= 0.3 is 0 Å². The highest BCUT2D eigenvalue weighted by Gasteiger charge is 2.39. The van der Waals surface area contributed by atoms with Gasteiger partial charge in [0.2, 0.25) is 15.9 Å². The number of hydrogen-bond acceptors (Lipinski definition) is 4. The monoisotopic (exact) mass is 408 g/mol. The molecule has 1 aliphatic heterocycles. The molecule has 0 unspecified atom stereocenters. The number of anilines is 1. The number of carbonyl (C=O) groups is 1. The zero-order chi connectivity index (χ0) is 19.6. The van der Waals surface area contributed by atoms with Gasteiger partial charge in [-0.15, -0.1) is 0 Å². The summed E-state index contributed by atoms with van der Waals surface area (Å²) in [4.78, 5) is 12.9. The molecule has 1 aliphatic rings. The predicted molar refractivity (Wildman–Crippen MR) is 105 cm³/mol. The lowest BCUT2D eigenvalue weighted by molar-refractivity contribution is -0.119. The van der Waals surface area contributed by atoms with Crippen molar-refractivity contribution in [2.45, 2.75) is 30.7 Å². The summed E-state index contributed by atoms with van der Waals surface area (Å²) in [5.74, 6) is 0.128. The lowest BCUT2D eigenvalue weighted by Crippen LogP contribution is -2.43. The van der Waals surface area contributed by atoms with Gasteiger partial charge in [0.25, 0.3) is 0 Å². The topological polar surface area (TPSA) is 75.7 Å². The van der Waals surface area contributed by atoms with Crippen LogP contribution in [0.3, 0.4) is 0 Å². The Morgan fingerprint density at radius 1 is 1.22 bits per heavy atom. The molecule has 1 heterocycles.